The van der Waals surface area contributed by atoms with E-state index in [1.165, 1.54) is 11.8 Å². The van der Waals surface area contributed by atoms with Crippen molar-refractivity contribution in [2.24, 2.45) is 7.05 Å². The molecule has 0 spiro atoms. The average molecular weight is 306 g/mol. The lowest BCUT2D eigenvalue weighted by atomic mass is 10.4. The Labute approximate surface area is 124 Å². The number of hydrogen-bond acceptors (Lipinski definition) is 7. The lowest BCUT2D eigenvalue weighted by Crippen LogP contribution is -2.02. The van der Waals surface area contributed by atoms with Crippen molar-refractivity contribution in [3.63, 3.8) is 0 Å². The Morgan fingerprint density at radius 1 is 1.35 bits per heavy atom. The third-order valence-electron chi connectivity index (χ3n) is 2.87. The minimum atomic E-state index is 0.656. The summed E-state index contributed by atoms with van der Waals surface area (Å²) in [6.45, 7) is 4.76. The molecule has 0 aliphatic carbocycles. The van der Waals surface area contributed by atoms with E-state index in [4.69, 9.17) is 0 Å². The number of aromatic nitrogens is 5. The Morgan fingerprint density at radius 3 is 2.90 bits per heavy atom. The zero-order chi connectivity index (χ0) is 14.1. The fourth-order valence-electron chi connectivity index (χ4n) is 1.71. The summed E-state index contributed by atoms with van der Waals surface area (Å²) in [6, 6.07) is 2.04. The summed E-state index contributed by atoms with van der Waals surface area (Å²) in [6.07, 6.45) is 0. The van der Waals surface area contributed by atoms with Gasteiger partial charge in [-0.2, -0.15) is 0 Å². The van der Waals surface area contributed by atoms with Gasteiger partial charge in [0, 0.05) is 19.0 Å². The zero-order valence-electron chi connectivity index (χ0n) is 11.4. The Bertz CT molecular complexity index is 748. The van der Waals surface area contributed by atoms with E-state index in [2.05, 4.69) is 25.5 Å². The molecule has 3 aromatic rings. The molecular formula is C12H14N6S2. The number of fused-ring (bicyclic) bond motifs is 1. The maximum absolute atomic E-state index is 4.57. The Hall–Kier alpha value is -1.67. The molecule has 3 aromatic heterocycles. The molecule has 0 aliphatic heterocycles. The second kappa shape index (κ2) is 5.37. The van der Waals surface area contributed by atoms with E-state index in [-0.39, 0.29) is 0 Å². The molecule has 1 N–H and O–H groups in total. The molecule has 3 heterocycles. The molecule has 0 fully saturated rings. The van der Waals surface area contributed by atoms with Gasteiger partial charge in [-0.3, -0.25) is 0 Å². The molecule has 0 radical (unpaired) electrons. The van der Waals surface area contributed by atoms with Crippen LogP contribution in [0, 0.1) is 6.92 Å². The van der Waals surface area contributed by atoms with Gasteiger partial charge in [-0.15, -0.1) is 21.5 Å². The molecule has 0 aliphatic rings. The van der Waals surface area contributed by atoms with E-state index >= 15 is 0 Å². The minimum Gasteiger partial charge on any atom is -0.354 e. The zero-order valence-corrected chi connectivity index (χ0v) is 13.0. The van der Waals surface area contributed by atoms with Crippen LogP contribution in [0.3, 0.4) is 0 Å². The van der Waals surface area contributed by atoms with Crippen LogP contribution in [-0.2, 0) is 7.05 Å². The second-order valence-electron chi connectivity index (χ2n) is 4.21. The number of rotatable bonds is 4. The van der Waals surface area contributed by atoms with Crippen LogP contribution in [0.1, 0.15) is 12.7 Å². The van der Waals surface area contributed by atoms with Gasteiger partial charge in [0.25, 0.3) is 0 Å². The molecule has 0 saturated heterocycles. The van der Waals surface area contributed by atoms with Gasteiger partial charge in [-0.1, -0.05) is 0 Å². The molecule has 0 atom stereocenters. The molecular weight excluding hydrogens is 292 g/mol. The summed E-state index contributed by atoms with van der Waals surface area (Å²) in [5, 5.41) is 16.2. The van der Waals surface area contributed by atoms with Crippen LogP contribution in [0.2, 0.25) is 0 Å². The number of nitrogens with zero attached hydrogens (tertiary/aromatic N) is 5. The molecule has 3 rings (SSSR count). The molecule has 104 valence electrons. The molecule has 0 aromatic carbocycles. The fourth-order valence-corrected chi connectivity index (χ4v) is 3.47. The minimum absolute atomic E-state index is 0.656. The molecule has 20 heavy (non-hydrogen) atoms. The van der Waals surface area contributed by atoms with Crippen molar-refractivity contribution in [1.82, 2.24) is 24.7 Å². The Kier molecular flexibility index (Phi) is 3.58. The van der Waals surface area contributed by atoms with Crippen LogP contribution >= 0.6 is 23.1 Å². The highest BCUT2D eigenvalue weighted by Gasteiger charge is 2.13. The van der Waals surface area contributed by atoms with Crippen LogP contribution in [0.5, 0.6) is 0 Å². The maximum atomic E-state index is 4.57. The smallest absolute Gasteiger partial charge is 0.225 e. The van der Waals surface area contributed by atoms with Crippen LogP contribution in [0.25, 0.3) is 10.2 Å². The van der Waals surface area contributed by atoms with Crippen LogP contribution in [0.15, 0.2) is 21.6 Å². The number of thiophene rings is 1. The highest BCUT2D eigenvalue weighted by atomic mass is 32.2. The molecule has 6 nitrogen and oxygen atoms in total. The molecule has 8 heteroatoms. The first-order valence-electron chi connectivity index (χ1n) is 6.22. The van der Waals surface area contributed by atoms with Gasteiger partial charge in [-0.25, -0.2) is 9.97 Å². The first-order chi connectivity index (χ1) is 9.69. The summed E-state index contributed by atoms with van der Waals surface area (Å²) in [5.74, 6) is 1.54. The second-order valence-corrected chi connectivity index (χ2v) is 6.06. The van der Waals surface area contributed by atoms with E-state index in [0.717, 1.165) is 32.8 Å². The van der Waals surface area contributed by atoms with Crippen molar-refractivity contribution in [2.45, 2.75) is 24.0 Å². The summed E-state index contributed by atoms with van der Waals surface area (Å²) in [5.41, 5.74) is 0. The Balaban J connectivity index is 2.05. The van der Waals surface area contributed by atoms with Crippen molar-refractivity contribution in [3.05, 3.63) is 17.3 Å². The van der Waals surface area contributed by atoms with E-state index in [1.807, 2.05) is 36.9 Å². The standard InChI is InChI=1S/C12H14N6S2/c1-4-13-11-14-9-8(5-6-19-9)10(15-11)20-12-17-16-7(2)18(12)3/h5-6H,4H2,1-3H3,(H,13,14,15). The topological polar surface area (TPSA) is 68.5 Å². The summed E-state index contributed by atoms with van der Waals surface area (Å²) in [4.78, 5) is 10.1. The van der Waals surface area contributed by atoms with Crippen LogP contribution in [0.4, 0.5) is 5.95 Å². The summed E-state index contributed by atoms with van der Waals surface area (Å²) >= 11 is 3.13. The number of hydrogen-bond donors (Lipinski definition) is 1. The quantitative estimate of drug-likeness (QED) is 0.747. The predicted octanol–water partition coefficient (Wildman–Crippen LogP) is 2.71. The Morgan fingerprint density at radius 2 is 2.20 bits per heavy atom. The largest absolute Gasteiger partial charge is 0.354 e. The van der Waals surface area contributed by atoms with Crippen LogP contribution < -0.4 is 5.32 Å². The van der Waals surface area contributed by atoms with Gasteiger partial charge in [0.1, 0.15) is 15.7 Å². The lowest BCUT2D eigenvalue weighted by molar-refractivity contribution is 0.765. The number of anilines is 1. The van der Waals surface area contributed by atoms with Crippen molar-refractivity contribution in [1.29, 1.82) is 0 Å². The average Bonchev–Trinajstić information content (AvgIpc) is 3.01. The van der Waals surface area contributed by atoms with Crippen molar-refractivity contribution >= 4 is 39.3 Å². The highest BCUT2D eigenvalue weighted by molar-refractivity contribution is 7.99. The third-order valence-corrected chi connectivity index (χ3v) is 4.71. The van der Waals surface area contributed by atoms with Crippen molar-refractivity contribution in [2.75, 3.05) is 11.9 Å². The van der Waals surface area contributed by atoms with E-state index in [9.17, 15) is 0 Å². The van der Waals surface area contributed by atoms with Gasteiger partial charge >= 0.3 is 0 Å². The molecule has 0 bridgehead atoms. The normalized spacial score (nSPS) is 11.2. The lowest BCUT2D eigenvalue weighted by Gasteiger charge is -2.06. The van der Waals surface area contributed by atoms with E-state index in [0.29, 0.717) is 5.95 Å². The number of nitrogens with one attached hydrogen (secondary N) is 1. The third kappa shape index (κ3) is 2.36. The van der Waals surface area contributed by atoms with Crippen molar-refractivity contribution < 1.29 is 0 Å². The molecule has 0 amide bonds. The van der Waals surface area contributed by atoms with Gasteiger partial charge in [0.15, 0.2) is 5.16 Å². The van der Waals surface area contributed by atoms with Crippen LogP contribution in [-0.4, -0.2) is 31.3 Å². The van der Waals surface area contributed by atoms with Gasteiger partial charge in [0.2, 0.25) is 5.95 Å². The number of aryl methyl sites for hydroxylation is 1. The van der Waals surface area contributed by atoms with E-state index in [1.54, 1.807) is 11.3 Å². The highest BCUT2D eigenvalue weighted by Crippen LogP contribution is 2.33. The maximum Gasteiger partial charge on any atom is 0.225 e. The monoisotopic (exact) mass is 306 g/mol. The SMILES string of the molecule is CCNc1nc(Sc2nnc(C)n2C)c2ccsc2n1. The van der Waals surface area contributed by atoms with Gasteiger partial charge < -0.3 is 9.88 Å². The molecule has 0 saturated carbocycles. The van der Waals surface area contributed by atoms with Gasteiger partial charge in [0.05, 0.1) is 0 Å². The van der Waals surface area contributed by atoms with Crippen molar-refractivity contribution in [3.8, 4) is 0 Å². The first kappa shape index (κ1) is 13.3. The first-order valence-corrected chi connectivity index (χ1v) is 7.91. The summed E-state index contributed by atoms with van der Waals surface area (Å²) < 4.78 is 1.96. The predicted molar refractivity (Wildman–Crippen MR) is 81.4 cm³/mol. The van der Waals surface area contributed by atoms with E-state index < -0.39 is 0 Å². The molecule has 0 unspecified atom stereocenters. The fraction of sp³-hybridized carbons (Fsp3) is 0.333. The summed E-state index contributed by atoms with van der Waals surface area (Å²) in [7, 11) is 1.95. The van der Waals surface area contributed by atoms with Gasteiger partial charge in [-0.05, 0) is 37.1 Å².